The second-order valence-corrected chi connectivity index (χ2v) is 7.13. The SMILES string of the molecule is Cn1c(=O)n(C)c2cc(CNS(=O)(=O)c3ccccc3)ccc21. The zero-order valence-electron chi connectivity index (χ0n) is 12.9. The summed E-state index contributed by atoms with van der Waals surface area (Å²) >= 11 is 0. The van der Waals surface area contributed by atoms with E-state index in [0.29, 0.717) is 0 Å². The number of aryl methyl sites for hydroxylation is 2. The van der Waals surface area contributed by atoms with Gasteiger partial charge in [-0.2, -0.15) is 0 Å². The third-order valence-corrected chi connectivity index (χ3v) is 5.27. The number of nitrogens with zero attached hydrogens (tertiary/aromatic N) is 2. The first-order chi connectivity index (χ1) is 10.9. The van der Waals surface area contributed by atoms with Gasteiger partial charge in [0.05, 0.1) is 15.9 Å². The van der Waals surface area contributed by atoms with Gasteiger partial charge in [-0.3, -0.25) is 9.13 Å². The van der Waals surface area contributed by atoms with Gasteiger partial charge in [0.2, 0.25) is 10.0 Å². The lowest BCUT2D eigenvalue weighted by Crippen LogP contribution is -2.23. The van der Waals surface area contributed by atoms with Gasteiger partial charge in [-0.05, 0) is 29.8 Å². The summed E-state index contributed by atoms with van der Waals surface area (Å²) < 4.78 is 30.1. The number of nitrogens with one attached hydrogen (secondary N) is 1. The molecule has 1 N–H and O–H groups in total. The third kappa shape index (κ3) is 2.80. The standard InChI is InChI=1S/C16H17N3O3S/c1-18-14-9-8-12(10-15(14)19(2)16(18)20)11-17-23(21,22)13-6-4-3-5-7-13/h3-10,17H,11H2,1-2H3. The first-order valence-electron chi connectivity index (χ1n) is 7.09. The topological polar surface area (TPSA) is 73.1 Å². The van der Waals surface area contributed by atoms with E-state index in [1.54, 1.807) is 53.6 Å². The van der Waals surface area contributed by atoms with Crippen LogP contribution in [0.25, 0.3) is 11.0 Å². The Kier molecular flexibility index (Phi) is 3.83. The number of fused-ring (bicyclic) bond motifs is 1. The van der Waals surface area contributed by atoms with Gasteiger partial charge in [0.25, 0.3) is 0 Å². The molecule has 3 aromatic rings. The Hall–Kier alpha value is -2.38. The van der Waals surface area contributed by atoms with Gasteiger partial charge in [-0.25, -0.2) is 17.9 Å². The van der Waals surface area contributed by atoms with Gasteiger partial charge < -0.3 is 0 Å². The Balaban J connectivity index is 1.88. The van der Waals surface area contributed by atoms with Gasteiger partial charge in [-0.15, -0.1) is 0 Å². The van der Waals surface area contributed by atoms with Gasteiger partial charge in [0, 0.05) is 20.6 Å². The molecule has 0 saturated heterocycles. The molecule has 0 atom stereocenters. The van der Waals surface area contributed by atoms with Gasteiger partial charge in [0.1, 0.15) is 0 Å². The fraction of sp³-hybridized carbons (Fsp3) is 0.188. The van der Waals surface area contributed by atoms with E-state index in [4.69, 9.17) is 0 Å². The number of benzene rings is 2. The van der Waals surface area contributed by atoms with Crippen molar-refractivity contribution < 1.29 is 8.42 Å². The molecule has 120 valence electrons. The highest BCUT2D eigenvalue weighted by molar-refractivity contribution is 7.89. The molecule has 0 saturated carbocycles. The van der Waals surface area contributed by atoms with Crippen molar-refractivity contribution in [2.45, 2.75) is 11.4 Å². The molecule has 2 aromatic carbocycles. The van der Waals surface area contributed by atoms with Crippen molar-refractivity contribution in [2.75, 3.05) is 0 Å². The Morgan fingerprint density at radius 1 is 0.957 bits per heavy atom. The molecule has 0 aliphatic heterocycles. The molecule has 6 nitrogen and oxygen atoms in total. The molecule has 0 amide bonds. The highest BCUT2D eigenvalue weighted by Gasteiger charge is 2.13. The first-order valence-corrected chi connectivity index (χ1v) is 8.57. The molecular weight excluding hydrogens is 314 g/mol. The molecule has 7 heteroatoms. The van der Waals surface area contributed by atoms with E-state index >= 15 is 0 Å². The lowest BCUT2D eigenvalue weighted by Gasteiger charge is -2.07. The average Bonchev–Trinajstić information content (AvgIpc) is 2.78. The molecule has 0 fully saturated rings. The van der Waals surface area contributed by atoms with Crippen LogP contribution in [0.4, 0.5) is 0 Å². The maximum absolute atomic E-state index is 12.2. The first kappa shape index (κ1) is 15.5. The van der Waals surface area contributed by atoms with Crippen molar-refractivity contribution >= 4 is 21.1 Å². The molecular formula is C16H17N3O3S. The minimum absolute atomic E-state index is 0.109. The van der Waals surface area contributed by atoms with E-state index in [1.807, 2.05) is 18.2 Å². The van der Waals surface area contributed by atoms with E-state index in [0.717, 1.165) is 16.6 Å². The average molecular weight is 331 g/mol. The van der Waals surface area contributed by atoms with Crippen LogP contribution in [0.15, 0.2) is 58.2 Å². The van der Waals surface area contributed by atoms with Crippen LogP contribution in [0.5, 0.6) is 0 Å². The number of hydrogen-bond donors (Lipinski definition) is 1. The van der Waals surface area contributed by atoms with Crippen LogP contribution in [-0.2, 0) is 30.7 Å². The molecule has 0 bridgehead atoms. The smallest absolute Gasteiger partial charge is 0.295 e. The van der Waals surface area contributed by atoms with Crippen LogP contribution in [0.2, 0.25) is 0 Å². The summed E-state index contributed by atoms with van der Waals surface area (Å²) in [5, 5.41) is 0. The summed E-state index contributed by atoms with van der Waals surface area (Å²) in [7, 11) is -0.141. The van der Waals surface area contributed by atoms with Crippen molar-refractivity contribution in [1.29, 1.82) is 0 Å². The summed E-state index contributed by atoms with van der Waals surface area (Å²) in [5.41, 5.74) is 2.27. The third-order valence-electron chi connectivity index (χ3n) is 3.86. The Labute approximate surface area is 134 Å². The Morgan fingerprint density at radius 3 is 2.30 bits per heavy atom. The quantitative estimate of drug-likeness (QED) is 0.784. The number of rotatable bonds is 4. The van der Waals surface area contributed by atoms with E-state index in [9.17, 15) is 13.2 Å². The molecule has 3 rings (SSSR count). The van der Waals surface area contributed by atoms with Gasteiger partial charge in [-0.1, -0.05) is 24.3 Å². The normalized spacial score (nSPS) is 11.9. The van der Waals surface area contributed by atoms with Crippen LogP contribution in [0, 0.1) is 0 Å². The van der Waals surface area contributed by atoms with Crippen LogP contribution in [-0.4, -0.2) is 17.6 Å². The monoisotopic (exact) mass is 331 g/mol. The zero-order valence-corrected chi connectivity index (χ0v) is 13.7. The van der Waals surface area contributed by atoms with E-state index in [-0.39, 0.29) is 17.1 Å². The maximum Gasteiger partial charge on any atom is 0.328 e. The summed E-state index contributed by atoms with van der Waals surface area (Å²) in [5.74, 6) is 0. The van der Waals surface area contributed by atoms with Crippen molar-refractivity contribution in [1.82, 2.24) is 13.9 Å². The highest BCUT2D eigenvalue weighted by Crippen LogP contribution is 2.15. The fourth-order valence-electron chi connectivity index (χ4n) is 2.52. The van der Waals surface area contributed by atoms with Crippen molar-refractivity contribution in [3.8, 4) is 0 Å². The van der Waals surface area contributed by atoms with Crippen molar-refractivity contribution in [3.05, 3.63) is 64.6 Å². The fourth-order valence-corrected chi connectivity index (χ4v) is 3.56. The molecule has 1 aromatic heterocycles. The molecule has 0 aliphatic carbocycles. The molecule has 23 heavy (non-hydrogen) atoms. The molecule has 0 aliphatic rings. The summed E-state index contributed by atoms with van der Waals surface area (Å²) in [6.07, 6.45) is 0. The predicted molar refractivity (Wildman–Crippen MR) is 88.6 cm³/mol. The molecule has 0 spiro atoms. The maximum atomic E-state index is 12.2. The Bertz CT molecular complexity index is 1020. The number of aromatic nitrogens is 2. The second kappa shape index (κ2) is 5.68. The van der Waals surface area contributed by atoms with E-state index in [1.165, 1.54) is 0 Å². The lowest BCUT2D eigenvalue weighted by molar-refractivity contribution is 0.581. The Morgan fingerprint density at radius 2 is 1.61 bits per heavy atom. The minimum atomic E-state index is -3.55. The van der Waals surface area contributed by atoms with Gasteiger partial charge >= 0.3 is 5.69 Å². The van der Waals surface area contributed by atoms with E-state index in [2.05, 4.69) is 4.72 Å². The molecule has 1 heterocycles. The summed E-state index contributed by atoms with van der Waals surface area (Å²) in [4.78, 5) is 12.1. The van der Waals surface area contributed by atoms with Crippen molar-refractivity contribution in [2.24, 2.45) is 14.1 Å². The predicted octanol–water partition coefficient (Wildman–Crippen LogP) is 1.36. The van der Waals surface area contributed by atoms with Gasteiger partial charge in [0.15, 0.2) is 0 Å². The van der Waals surface area contributed by atoms with Crippen LogP contribution >= 0.6 is 0 Å². The highest BCUT2D eigenvalue weighted by atomic mass is 32.2. The van der Waals surface area contributed by atoms with Crippen LogP contribution < -0.4 is 10.4 Å². The minimum Gasteiger partial charge on any atom is -0.295 e. The molecule has 0 radical (unpaired) electrons. The van der Waals surface area contributed by atoms with E-state index < -0.39 is 10.0 Å². The van der Waals surface area contributed by atoms with Crippen LogP contribution in [0.3, 0.4) is 0 Å². The van der Waals surface area contributed by atoms with Crippen LogP contribution in [0.1, 0.15) is 5.56 Å². The number of imidazole rings is 1. The number of sulfonamides is 1. The number of hydrogen-bond acceptors (Lipinski definition) is 3. The largest absolute Gasteiger partial charge is 0.328 e. The summed E-state index contributed by atoms with van der Waals surface area (Å²) in [6.45, 7) is 0.163. The zero-order chi connectivity index (χ0) is 16.6. The second-order valence-electron chi connectivity index (χ2n) is 5.36. The summed E-state index contributed by atoms with van der Waals surface area (Å²) in [6, 6.07) is 13.7. The lowest BCUT2D eigenvalue weighted by atomic mass is 10.2. The molecule has 0 unspecified atom stereocenters. The van der Waals surface area contributed by atoms with Crippen molar-refractivity contribution in [3.63, 3.8) is 0 Å².